The van der Waals surface area contributed by atoms with Crippen molar-refractivity contribution in [2.45, 2.75) is 65.2 Å². The number of rotatable bonds is 2. The van der Waals surface area contributed by atoms with E-state index in [4.69, 9.17) is 0 Å². The van der Waals surface area contributed by atoms with Crippen LogP contribution in [0.25, 0.3) is 0 Å². The largest absolute Gasteiger partial charge is 0.481 e. The van der Waals surface area contributed by atoms with E-state index in [0.29, 0.717) is 11.8 Å². The molecular formula is C20H28O3. The van der Waals surface area contributed by atoms with Crippen LogP contribution in [0.3, 0.4) is 0 Å². The maximum absolute atomic E-state index is 12.0. The first kappa shape index (κ1) is 15.4. The number of carboxylic acid groups (broad SMARTS) is 1. The summed E-state index contributed by atoms with van der Waals surface area (Å²) in [5.74, 6) is 0.704. The number of carbonyl (C=O) groups excluding carboxylic acids is 1. The van der Waals surface area contributed by atoms with Crippen molar-refractivity contribution in [3.8, 4) is 0 Å². The third-order valence-corrected chi connectivity index (χ3v) is 8.35. The van der Waals surface area contributed by atoms with Crippen molar-refractivity contribution in [1.82, 2.24) is 0 Å². The highest BCUT2D eigenvalue weighted by Crippen LogP contribution is 2.70. The van der Waals surface area contributed by atoms with E-state index in [1.807, 2.05) is 6.92 Å². The molecule has 4 aliphatic rings. The molecule has 2 bridgehead atoms. The Hall–Kier alpha value is -1.12. The van der Waals surface area contributed by atoms with Gasteiger partial charge in [0.2, 0.25) is 0 Å². The third-order valence-electron chi connectivity index (χ3n) is 8.35. The predicted octanol–water partition coefficient (Wildman–Crippen LogP) is 4.22. The summed E-state index contributed by atoms with van der Waals surface area (Å²) in [6, 6.07) is 0. The van der Waals surface area contributed by atoms with E-state index < -0.39 is 11.4 Å². The van der Waals surface area contributed by atoms with Crippen LogP contribution in [-0.4, -0.2) is 17.4 Å². The van der Waals surface area contributed by atoms with E-state index in [1.165, 1.54) is 6.42 Å². The van der Waals surface area contributed by atoms with Crippen LogP contribution in [0.5, 0.6) is 0 Å². The van der Waals surface area contributed by atoms with Crippen LogP contribution >= 0.6 is 0 Å². The molecule has 3 heteroatoms. The van der Waals surface area contributed by atoms with Gasteiger partial charge in [0.05, 0.1) is 5.41 Å². The lowest BCUT2D eigenvalue weighted by Gasteiger charge is -2.63. The zero-order valence-corrected chi connectivity index (χ0v) is 14.3. The molecule has 0 aliphatic heterocycles. The van der Waals surface area contributed by atoms with Crippen LogP contribution in [0.1, 0.15) is 65.2 Å². The molecule has 6 atom stereocenters. The monoisotopic (exact) mass is 316 g/mol. The van der Waals surface area contributed by atoms with E-state index in [-0.39, 0.29) is 16.7 Å². The molecule has 0 saturated heterocycles. The number of aliphatic carboxylic acids is 1. The molecule has 0 aromatic heterocycles. The van der Waals surface area contributed by atoms with Gasteiger partial charge in [0.25, 0.3) is 0 Å². The van der Waals surface area contributed by atoms with Gasteiger partial charge in [-0.1, -0.05) is 19.4 Å². The Morgan fingerprint density at radius 2 is 1.96 bits per heavy atom. The summed E-state index contributed by atoms with van der Waals surface area (Å²) >= 11 is 0. The molecule has 1 N–H and O–H groups in total. The summed E-state index contributed by atoms with van der Waals surface area (Å²) in [6.07, 6.45) is 11.9. The van der Waals surface area contributed by atoms with E-state index in [0.717, 1.165) is 56.8 Å². The van der Waals surface area contributed by atoms with E-state index in [2.05, 4.69) is 13.0 Å². The maximum atomic E-state index is 12.0. The Kier molecular flexibility index (Phi) is 3.15. The molecule has 3 nitrogen and oxygen atoms in total. The number of hydrogen-bond donors (Lipinski definition) is 1. The topological polar surface area (TPSA) is 54.4 Å². The summed E-state index contributed by atoms with van der Waals surface area (Å²) in [4.78, 5) is 23.5. The molecule has 0 amide bonds. The lowest BCUT2D eigenvalue weighted by Crippen LogP contribution is -2.58. The van der Waals surface area contributed by atoms with Crippen molar-refractivity contribution in [3.05, 3.63) is 11.6 Å². The zero-order chi connectivity index (χ0) is 16.5. The van der Waals surface area contributed by atoms with Crippen LogP contribution < -0.4 is 0 Å². The van der Waals surface area contributed by atoms with Gasteiger partial charge in [-0.15, -0.1) is 0 Å². The molecule has 3 fully saturated rings. The van der Waals surface area contributed by atoms with Crippen molar-refractivity contribution >= 4 is 12.3 Å². The molecule has 126 valence electrons. The van der Waals surface area contributed by atoms with Crippen LogP contribution in [0, 0.1) is 34.0 Å². The lowest BCUT2D eigenvalue weighted by molar-refractivity contribution is -0.177. The van der Waals surface area contributed by atoms with Crippen LogP contribution in [0.4, 0.5) is 0 Å². The number of hydrogen-bond acceptors (Lipinski definition) is 2. The normalized spacial score (nSPS) is 51.4. The Bertz CT molecular complexity index is 594. The SMILES string of the molecule is C[C@@]12CCC[C@@](C)(C(=O)O)[C@H]1CC[C@]13C=C(C=O)[C@@H](CC[C@H]12)C3. The summed E-state index contributed by atoms with van der Waals surface area (Å²) < 4.78 is 0. The van der Waals surface area contributed by atoms with Gasteiger partial charge in [-0.25, -0.2) is 0 Å². The second-order valence-electron chi connectivity index (χ2n) is 9.20. The number of allylic oxidation sites excluding steroid dienone is 2. The first-order chi connectivity index (χ1) is 10.9. The maximum Gasteiger partial charge on any atom is 0.309 e. The van der Waals surface area contributed by atoms with Crippen molar-refractivity contribution in [2.24, 2.45) is 34.0 Å². The second kappa shape index (κ2) is 4.70. The zero-order valence-electron chi connectivity index (χ0n) is 14.3. The molecule has 4 rings (SSSR count). The first-order valence-electron chi connectivity index (χ1n) is 9.27. The Labute approximate surface area is 138 Å². The van der Waals surface area contributed by atoms with E-state index in [1.54, 1.807) is 0 Å². The number of fused-ring (bicyclic) bond motifs is 3. The molecule has 3 saturated carbocycles. The predicted molar refractivity (Wildman–Crippen MR) is 87.8 cm³/mol. The van der Waals surface area contributed by atoms with Gasteiger partial charge in [-0.3, -0.25) is 9.59 Å². The summed E-state index contributed by atoms with van der Waals surface area (Å²) in [6.45, 7) is 4.36. The van der Waals surface area contributed by atoms with Gasteiger partial charge in [0, 0.05) is 0 Å². The summed E-state index contributed by atoms with van der Waals surface area (Å²) in [7, 11) is 0. The average molecular weight is 316 g/mol. The van der Waals surface area contributed by atoms with Crippen LogP contribution in [-0.2, 0) is 9.59 Å². The quantitative estimate of drug-likeness (QED) is 0.776. The molecule has 0 radical (unpaired) electrons. The Morgan fingerprint density at radius 3 is 2.65 bits per heavy atom. The highest BCUT2D eigenvalue weighted by atomic mass is 16.4. The second-order valence-corrected chi connectivity index (χ2v) is 9.20. The van der Waals surface area contributed by atoms with Crippen LogP contribution in [0.15, 0.2) is 11.6 Å². The Balaban J connectivity index is 1.76. The van der Waals surface area contributed by atoms with Gasteiger partial charge >= 0.3 is 5.97 Å². The third kappa shape index (κ3) is 1.82. The van der Waals surface area contributed by atoms with Gasteiger partial charge < -0.3 is 5.11 Å². The molecule has 0 heterocycles. The highest BCUT2D eigenvalue weighted by Gasteiger charge is 2.64. The molecule has 23 heavy (non-hydrogen) atoms. The highest BCUT2D eigenvalue weighted by molar-refractivity contribution is 5.76. The smallest absolute Gasteiger partial charge is 0.309 e. The summed E-state index contributed by atoms with van der Waals surface area (Å²) in [5, 5.41) is 9.90. The first-order valence-corrected chi connectivity index (χ1v) is 9.27. The fourth-order valence-electron chi connectivity index (χ4n) is 7.36. The van der Waals surface area contributed by atoms with E-state index in [9.17, 15) is 14.7 Å². The van der Waals surface area contributed by atoms with Gasteiger partial charge in [0.15, 0.2) is 0 Å². The number of carboxylic acids is 1. The minimum atomic E-state index is -0.603. The fourth-order valence-corrected chi connectivity index (χ4v) is 7.36. The lowest BCUT2D eigenvalue weighted by atomic mass is 9.41. The van der Waals surface area contributed by atoms with Crippen molar-refractivity contribution in [3.63, 3.8) is 0 Å². The minimum absolute atomic E-state index is 0.115. The molecule has 1 spiro atoms. The molecule has 4 aliphatic carbocycles. The van der Waals surface area contributed by atoms with Gasteiger partial charge in [-0.2, -0.15) is 0 Å². The van der Waals surface area contributed by atoms with Gasteiger partial charge in [0.1, 0.15) is 6.29 Å². The number of aldehydes is 1. The van der Waals surface area contributed by atoms with Crippen molar-refractivity contribution in [1.29, 1.82) is 0 Å². The van der Waals surface area contributed by atoms with Crippen LogP contribution in [0.2, 0.25) is 0 Å². The summed E-state index contributed by atoms with van der Waals surface area (Å²) in [5.41, 5.74) is 0.762. The van der Waals surface area contributed by atoms with E-state index >= 15 is 0 Å². The van der Waals surface area contributed by atoms with Crippen molar-refractivity contribution in [2.75, 3.05) is 0 Å². The standard InChI is InChI=1S/C20H28O3/c1-18-7-3-8-19(2,17(22)23)15(18)6-9-20-10-13(4-5-16(18)20)14(11-20)12-21/h11-13,15-16H,3-10H2,1-2H3,(H,22,23)/t13-,15-,16-,18+,19+,20-/m0/s1. The molecule has 0 aromatic rings. The number of carbonyl (C=O) groups is 2. The average Bonchev–Trinajstić information content (AvgIpc) is 2.77. The molecule has 0 unspecified atom stereocenters. The van der Waals surface area contributed by atoms with Crippen molar-refractivity contribution < 1.29 is 14.7 Å². The Morgan fingerprint density at radius 1 is 1.17 bits per heavy atom. The molecule has 0 aromatic carbocycles. The fraction of sp³-hybridized carbons (Fsp3) is 0.800. The van der Waals surface area contributed by atoms with Gasteiger partial charge in [-0.05, 0) is 86.0 Å². The molecular weight excluding hydrogens is 288 g/mol. The minimum Gasteiger partial charge on any atom is -0.481 e.